The molecule has 0 aliphatic heterocycles. The normalized spacial score (nSPS) is 11.1. The Kier molecular flexibility index (Phi) is 2.14. The molecule has 3 aromatic rings. The number of anilines is 1. The molecule has 0 aliphatic carbocycles. The number of nitrogens with two attached hydrogens (primary N) is 1. The lowest BCUT2D eigenvalue weighted by Crippen LogP contribution is -1.97. The predicted molar refractivity (Wildman–Crippen MR) is 68.7 cm³/mol. The molecule has 1 aromatic carbocycles. The zero-order valence-electron chi connectivity index (χ0n) is 9.64. The molecule has 4 nitrogen and oxygen atoms in total. The predicted octanol–water partition coefficient (Wildman–Crippen LogP) is 2.07. The summed E-state index contributed by atoms with van der Waals surface area (Å²) < 4.78 is 1.70. The number of benzene rings is 1. The molecule has 3 rings (SSSR count). The molecule has 0 spiro atoms. The van der Waals surface area contributed by atoms with Crippen molar-refractivity contribution in [2.45, 2.75) is 6.42 Å². The molecule has 17 heavy (non-hydrogen) atoms. The van der Waals surface area contributed by atoms with Crippen LogP contribution in [0.5, 0.6) is 0 Å². The van der Waals surface area contributed by atoms with Gasteiger partial charge in [-0.25, -0.2) is 0 Å². The van der Waals surface area contributed by atoms with Gasteiger partial charge in [-0.1, -0.05) is 18.2 Å². The Labute approximate surface area is 99.1 Å². The third-order valence-electron chi connectivity index (χ3n) is 3.01. The number of nitrogen functional groups attached to an aromatic ring is 1. The summed E-state index contributed by atoms with van der Waals surface area (Å²) in [5.74, 6) is 0.694. The fraction of sp³-hybridized carbons (Fsp3) is 0.154. The SMILES string of the molecule is Cn1nc(Cc2c[nH]c3ccccc23)cc1N. The average Bonchev–Trinajstić information content (AvgIpc) is 2.85. The Morgan fingerprint density at radius 1 is 1.35 bits per heavy atom. The second-order valence-electron chi connectivity index (χ2n) is 4.22. The van der Waals surface area contributed by atoms with Crippen molar-refractivity contribution in [1.29, 1.82) is 0 Å². The van der Waals surface area contributed by atoms with Gasteiger partial charge in [-0.15, -0.1) is 0 Å². The first-order chi connectivity index (χ1) is 8.24. The van der Waals surface area contributed by atoms with Gasteiger partial charge in [0.1, 0.15) is 5.82 Å². The summed E-state index contributed by atoms with van der Waals surface area (Å²) in [6.45, 7) is 0. The van der Waals surface area contributed by atoms with E-state index in [1.807, 2.05) is 31.4 Å². The third-order valence-corrected chi connectivity index (χ3v) is 3.01. The Bertz CT molecular complexity index is 643. The molecule has 0 aliphatic rings. The van der Waals surface area contributed by atoms with Crippen molar-refractivity contribution in [2.24, 2.45) is 7.05 Å². The molecule has 4 heteroatoms. The Morgan fingerprint density at radius 2 is 2.18 bits per heavy atom. The molecule has 0 amide bonds. The zero-order valence-corrected chi connectivity index (χ0v) is 9.64. The van der Waals surface area contributed by atoms with Gasteiger partial charge in [0.25, 0.3) is 0 Å². The molecule has 0 saturated carbocycles. The number of nitrogens with one attached hydrogen (secondary N) is 1. The van der Waals surface area contributed by atoms with Gasteiger partial charge in [0.2, 0.25) is 0 Å². The standard InChI is InChI=1S/C13H14N4/c1-17-13(14)7-10(16-17)6-9-8-15-12-5-3-2-4-11(9)12/h2-5,7-8,15H,6,14H2,1H3. The summed E-state index contributed by atoms with van der Waals surface area (Å²) in [5.41, 5.74) is 9.18. The van der Waals surface area contributed by atoms with E-state index in [0.29, 0.717) is 5.82 Å². The van der Waals surface area contributed by atoms with Crippen molar-refractivity contribution < 1.29 is 0 Å². The summed E-state index contributed by atoms with van der Waals surface area (Å²) in [4.78, 5) is 3.26. The highest BCUT2D eigenvalue weighted by atomic mass is 15.3. The van der Waals surface area contributed by atoms with Crippen LogP contribution in [-0.4, -0.2) is 14.8 Å². The quantitative estimate of drug-likeness (QED) is 0.702. The largest absolute Gasteiger partial charge is 0.384 e. The molecule has 0 unspecified atom stereocenters. The highest BCUT2D eigenvalue weighted by Gasteiger charge is 2.07. The van der Waals surface area contributed by atoms with E-state index in [9.17, 15) is 0 Å². The maximum atomic E-state index is 5.77. The Morgan fingerprint density at radius 3 is 2.94 bits per heavy atom. The summed E-state index contributed by atoms with van der Waals surface area (Å²) >= 11 is 0. The number of hydrogen-bond donors (Lipinski definition) is 2. The first-order valence-corrected chi connectivity index (χ1v) is 5.57. The molecule has 0 bridgehead atoms. The highest BCUT2D eigenvalue weighted by molar-refractivity contribution is 5.83. The van der Waals surface area contributed by atoms with E-state index in [0.717, 1.165) is 17.6 Å². The van der Waals surface area contributed by atoms with Crippen LogP contribution in [-0.2, 0) is 13.5 Å². The van der Waals surface area contributed by atoms with Crippen LogP contribution in [0.2, 0.25) is 0 Å². The molecule has 0 atom stereocenters. The van der Waals surface area contributed by atoms with Gasteiger partial charge >= 0.3 is 0 Å². The molecule has 86 valence electrons. The van der Waals surface area contributed by atoms with Gasteiger partial charge in [-0.3, -0.25) is 4.68 Å². The van der Waals surface area contributed by atoms with Crippen molar-refractivity contribution in [1.82, 2.24) is 14.8 Å². The fourth-order valence-electron chi connectivity index (χ4n) is 2.10. The van der Waals surface area contributed by atoms with E-state index in [2.05, 4.69) is 22.2 Å². The minimum Gasteiger partial charge on any atom is -0.384 e. The summed E-state index contributed by atoms with van der Waals surface area (Å²) in [6.07, 6.45) is 2.84. The second kappa shape index (κ2) is 3.66. The highest BCUT2D eigenvalue weighted by Crippen LogP contribution is 2.20. The molecule has 2 aromatic heterocycles. The van der Waals surface area contributed by atoms with E-state index >= 15 is 0 Å². The number of aryl methyl sites for hydroxylation is 1. The molecule has 0 radical (unpaired) electrons. The van der Waals surface area contributed by atoms with E-state index in [1.54, 1.807) is 4.68 Å². The first-order valence-electron chi connectivity index (χ1n) is 5.57. The van der Waals surface area contributed by atoms with Crippen molar-refractivity contribution in [2.75, 3.05) is 5.73 Å². The van der Waals surface area contributed by atoms with Crippen LogP contribution in [0.15, 0.2) is 36.5 Å². The van der Waals surface area contributed by atoms with Crippen LogP contribution in [0.25, 0.3) is 10.9 Å². The van der Waals surface area contributed by atoms with Crippen LogP contribution in [0, 0.1) is 0 Å². The molecule has 3 N–H and O–H groups in total. The Balaban J connectivity index is 2.00. The number of nitrogens with zero attached hydrogens (tertiary/aromatic N) is 2. The fourth-order valence-corrected chi connectivity index (χ4v) is 2.10. The smallest absolute Gasteiger partial charge is 0.121 e. The number of fused-ring (bicyclic) bond motifs is 1. The van der Waals surface area contributed by atoms with Crippen LogP contribution < -0.4 is 5.73 Å². The molecular weight excluding hydrogens is 212 g/mol. The van der Waals surface area contributed by atoms with Gasteiger partial charge in [0.15, 0.2) is 0 Å². The van der Waals surface area contributed by atoms with Crippen molar-refractivity contribution >= 4 is 16.7 Å². The topological polar surface area (TPSA) is 59.6 Å². The second-order valence-corrected chi connectivity index (χ2v) is 4.22. The van der Waals surface area contributed by atoms with Gasteiger partial charge in [0.05, 0.1) is 5.69 Å². The van der Waals surface area contributed by atoms with E-state index in [-0.39, 0.29) is 0 Å². The number of H-pyrrole nitrogens is 1. The summed E-state index contributed by atoms with van der Waals surface area (Å²) in [5, 5.41) is 5.62. The number of aromatic amines is 1. The number of rotatable bonds is 2. The minimum absolute atomic E-state index is 0.694. The van der Waals surface area contributed by atoms with E-state index in [4.69, 9.17) is 5.73 Å². The summed E-state index contributed by atoms with van der Waals surface area (Å²) in [7, 11) is 1.86. The van der Waals surface area contributed by atoms with E-state index < -0.39 is 0 Å². The molecular formula is C13H14N4. The number of hydrogen-bond acceptors (Lipinski definition) is 2. The number of para-hydroxylation sites is 1. The molecule has 0 fully saturated rings. The monoisotopic (exact) mass is 226 g/mol. The van der Waals surface area contributed by atoms with Gasteiger partial charge in [-0.05, 0) is 11.6 Å². The van der Waals surface area contributed by atoms with Crippen LogP contribution in [0.4, 0.5) is 5.82 Å². The van der Waals surface area contributed by atoms with Crippen LogP contribution in [0.1, 0.15) is 11.3 Å². The lowest BCUT2D eigenvalue weighted by atomic mass is 10.1. The zero-order chi connectivity index (χ0) is 11.8. The first kappa shape index (κ1) is 9.96. The maximum absolute atomic E-state index is 5.77. The number of aromatic nitrogens is 3. The van der Waals surface area contributed by atoms with Crippen LogP contribution >= 0.6 is 0 Å². The molecule has 2 heterocycles. The van der Waals surface area contributed by atoms with Crippen molar-refractivity contribution in [3.8, 4) is 0 Å². The minimum atomic E-state index is 0.694. The van der Waals surface area contributed by atoms with Crippen LogP contribution in [0.3, 0.4) is 0 Å². The lowest BCUT2D eigenvalue weighted by Gasteiger charge is -1.95. The van der Waals surface area contributed by atoms with Gasteiger partial charge < -0.3 is 10.7 Å². The Hall–Kier alpha value is -2.23. The maximum Gasteiger partial charge on any atom is 0.121 e. The van der Waals surface area contributed by atoms with Gasteiger partial charge in [0, 0.05) is 36.6 Å². The average molecular weight is 226 g/mol. The van der Waals surface area contributed by atoms with E-state index in [1.165, 1.54) is 10.9 Å². The van der Waals surface area contributed by atoms with Crippen molar-refractivity contribution in [3.05, 3.63) is 47.8 Å². The van der Waals surface area contributed by atoms with Gasteiger partial charge in [-0.2, -0.15) is 5.10 Å². The van der Waals surface area contributed by atoms with Crippen molar-refractivity contribution in [3.63, 3.8) is 0 Å². The summed E-state index contributed by atoms with van der Waals surface area (Å²) in [6, 6.07) is 10.2. The third kappa shape index (κ3) is 1.67. The molecule has 0 saturated heterocycles. The lowest BCUT2D eigenvalue weighted by molar-refractivity contribution is 0.759.